The zero-order valence-corrected chi connectivity index (χ0v) is 13.3. The molecule has 0 aromatic carbocycles. The quantitative estimate of drug-likeness (QED) is 0.886. The van der Waals surface area contributed by atoms with E-state index in [2.05, 4.69) is 4.98 Å². The number of hydrogen-bond acceptors (Lipinski definition) is 5. The fourth-order valence-corrected chi connectivity index (χ4v) is 3.30. The second-order valence-corrected chi connectivity index (χ2v) is 6.29. The Morgan fingerprint density at radius 3 is 2.70 bits per heavy atom. The summed E-state index contributed by atoms with van der Waals surface area (Å²) in [5.74, 6) is 0.637. The summed E-state index contributed by atoms with van der Waals surface area (Å²) in [6.45, 7) is 0.246. The average Bonchev–Trinajstić information content (AvgIpc) is 2.57. The molecule has 0 spiro atoms. The van der Waals surface area contributed by atoms with Crippen LogP contribution in [0.3, 0.4) is 0 Å². The van der Waals surface area contributed by atoms with Gasteiger partial charge in [-0.05, 0) is 43.7 Å². The van der Waals surface area contributed by atoms with Gasteiger partial charge in [-0.2, -0.15) is 4.98 Å². The number of fused-ring (bicyclic) bond motifs is 1. The topological polar surface area (TPSA) is 90.4 Å². The number of nitrogens with two attached hydrogens (primary N) is 1. The minimum atomic E-state index is -0.571. The van der Waals surface area contributed by atoms with Crippen LogP contribution in [0.15, 0.2) is 29.1 Å². The molecule has 0 saturated heterocycles. The maximum absolute atomic E-state index is 12.3. The largest absolute Gasteiger partial charge is 0.481 e. The number of ether oxygens (including phenoxy) is 1. The molecule has 3 rings (SSSR count). The van der Waals surface area contributed by atoms with Crippen LogP contribution in [-0.4, -0.2) is 33.9 Å². The minimum absolute atomic E-state index is 0.162. The maximum Gasteiger partial charge on any atom is 0.252 e. The highest BCUT2D eigenvalue weighted by atomic mass is 16.5. The fraction of sp³-hybridized carbons (Fsp3) is 0.529. The van der Waals surface area contributed by atoms with Crippen molar-refractivity contribution in [3.05, 3.63) is 34.6 Å². The molecule has 6 heteroatoms. The van der Waals surface area contributed by atoms with E-state index in [0.29, 0.717) is 11.5 Å². The van der Waals surface area contributed by atoms with Gasteiger partial charge in [-0.25, -0.2) is 0 Å². The molecule has 2 heterocycles. The van der Waals surface area contributed by atoms with E-state index in [0.717, 1.165) is 31.1 Å². The number of aromatic nitrogens is 2. The highest BCUT2D eigenvalue weighted by molar-refractivity contribution is 5.75. The number of nitrogens with zero attached hydrogens (tertiary/aromatic N) is 2. The molecule has 0 bridgehead atoms. The van der Waals surface area contributed by atoms with Crippen molar-refractivity contribution in [1.82, 2.24) is 9.55 Å². The Morgan fingerprint density at radius 2 is 2.00 bits per heavy atom. The van der Waals surface area contributed by atoms with E-state index in [4.69, 9.17) is 10.5 Å². The van der Waals surface area contributed by atoms with Gasteiger partial charge in [-0.3, -0.25) is 9.36 Å². The highest BCUT2D eigenvalue weighted by Gasteiger charge is 2.25. The Morgan fingerprint density at radius 1 is 1.30 bits per heavy atom. The monoisotopic (exact) mass is 317 g/mol. The van der Waals surface area contributed by atoms with Crippen LogP contribution in [-0.2, 0) is 6.54 Å². The third-order valence-electron chi connectivity index (χ3n) is 4.75. The van der Waals surface area contributed by atoms with Crippen molar-refractivity contribution < 1.29 is 9.84 Å². The molecule has 2 aromatic rings. The van der Waals surface area contributed by atoms with Crippen molar-refractivity contribution in [2.75, 3.05) is 7.11 Å². The molecule has 1 aliphatic rings. The molecule has 0 unspecified atom stereocenters. The van der Waals surface area contributed by atoms with Crippen LogP contribution in [0, 0.1) is 5.92 Å². The second-order valence-electron chi connectivity index (χ2n) is 6.29. The van der Waals surface area contributed by atoms with Gasteiger partial charge in [0, 0.05) is 23.6 Å². The normalized spacial score (nSPS) is 22.9. The fourth-order valence-electron chi connectivity index (χ4n) is 3.30. The second kappa shape index (κ2) is 6.68. The average molecular weight is 317 g/mol. The summed E-state index contributed by atoms with van der Waals surface area (Å²) in [5, 5.41) is 11.4. The lowest BCUT2D eigenvalue weighted by Crippen LogP contribution is -2.36. The van der Waals surface area contributed by atoms with Crippen molar-refractivity contribution in [3.63, 3.8) is 0 Å². The first-order valence-electron chi connectivity index (χ1n) is 8.06. The van der Waals surface area contributed by atoms with Crippen molar-refractivity contribution in [2.24, 2.45) is 11.7 Å². The molecule has 124 valence electrons. The molecule has 1 aliphatic carbocycles. The van der Waals surface area contributed by atoms with Crippen LogP contribution >= 0.6 is 0 Å². The molecule has 1 atom stereocenters. The number of pyridine rings is 2. The molecular formula is C17H23N3O3. The molecule has 0 radical (unpaired) electrons. The first-order chi connectivity index (χ1) is 11.1. The third-order valence-corrected chi connectivity index (χ3v) is 4.75. The number of aliphatic hydroxyl groups is 1. The minimum Gasteiger partial charge on any atom is -0.481 e. The van der Waals surface area contributed by atoms with Gasteiger partial charge in [0.25, 0.3) is 5.56 Å². The molecule has 2 aromatic heterocycles. The molecule has 0 amide bonds. The van der Waals surface area contributed by atoms with E-state index < -0.39 is 6.10 Å². The van der Waals surface area contributed by atoms with E-state index in [1.807, 2.05) is 6.07 Å². The third kappa shape index (κ3) is 3.38. The predicted octanol–water partition coefficient (Wildman–Crippen LogP) is 1.28. The summed E-state index contributed by atoms with van der Waals surface area (Å²) in [7, 11) is 1.54. The van der Waals surface area contributed by atoms with Gasteiger partial charge in [-0.15, -0.1) is 0 Å². The van der Waals surface area contributed by atoms with Crippen LogP contribution in [0.5, 0.6) is 5.88 Å². The summed E-state index contributed by atoms with van der Waals surface area (Å²) in [6.07, 6.45) is 3.09. The lowest BCUT2D eigenvalue weighted by atomic mass is 9.83. The first kappa shape index (κ1) is 16.0. The molecule has 0 aliphatic heterocycles. The molecule has 1 saturated carbocycles. The van der Waals surface area contributed by atoms with Gasteiger partial charge in [-0.1, -0.05) is 0 Å². The number of rotatable bonds is 4. The molecular weight excluding hydrogens is 294 g/mol. The number of hydrogen-bond donors (Lipinski definition) is 2. The lowest BCUT2D eigenvalue weighted by Gasteiger charge is -2.30. The van der Waals surface area contributed by atoms with Crippen molar-refractivity contribution in [2.45, 2.75) is 44.4 Å². The lowest BCUT2D eigenvalue weighted by molar-refractivity contribution is 0.0667. The Labute approximate surface area is 134 Å². The van der Waals surface area contributed by atoms with E-state index in [-0.39, 0.29) is 24.1 Å². The molecule has 3 N–H and O–H groups in total. The van der Waals surface area contributed by atoms with Gasteiger partial charge in [0.2, 0.25) is 5.88 Å². The number of aliphatic hydroxyl groups excluding tert-OH is 1. The highest BCUT2D eigenvalue weighted by Crippen LogP contribution is 2.27. The van der Waals surface area contributed by atoms with E-state index >= 15 is 0 Å². The maximum atomic E-state index is 12.3. The molecule has 1 fully saturated rings. The number of methoxy groups -OCH3 is 1. The van der Waals surface area contributed by atoms with E-state index in [1.165, 1.54) is 10.6 Å². The van der Waals surface area contributed by atoms with E-state index in [9.17, 15) is 9.90 Å². The Balaban J connectivity index is 1.89. The predicted molar refractivity (Wildman–Crippen MR) is 88.5 cm³/mol. The summed E-state index contributed by atoms with van der Waals surface area (Å²) < 4.78 is 6.69. The Kier molecular flexibility index (Phi) is 4.63. The summed E-state index contributed by atoms with van der Waals surface area (Å²) in [5.41, 5.74) is 6.30. The van der Waals surface area contributed by atoms with Gasteiger partial charge in [0.1, 0.15) is 5.65 Å². The Bertz CT molecular complexity index is 735. The Hall–Kier alpha value is -1.92. The van der Waals surface area contributed by atoms with Crippen molar-refractivity contribution in [3.8, 4) is 5.88 Å². The van der Waals surface area contributed by atoms with Gasteiger partial charge in [0.15, 0.2) is 0 Å². The van der Waals surface area contributed by atoms with Gasteiger partial charge in [0.05, 0.1) is 19.8 Å². The van der Waals surface area contributed by atoms with E-state index in [1.54, 1.807) is 19.2 Å². The molecule has 6 nitrogen and oxygen atoms in total. The summed E-state index contributed by atoms with van der Waals surface area (Å²) in [6, 6.07) is 7.12. The van der Waals surface area contributed by atoms with Gasteiger partial charge < -0.3 is 15.6 Å². The smallest absolute Gasteiger partial charge is 0.252 e. The SMILES string of the molecule is COc1ccc2ccc(=O)n(C[C@H](O)C3CCC(N)CC3)c2n1. The summed E-state index contributed by atoms with van der Waals surface area (Å²) >= 11 is 0. The first-order valence-corrected chi connectivity index (χ1v) is 8.06. The van der Waals surface area contributed by atoms with Crippen molar-refractivity contribution >= 4 is 11.0 Å². The van der Waals surface area contributed by atoms with Crippen LogP contribution in [0.2, 0.25) is 0 Å². The standard InChI is InChI=1S/C17H23N3O3/c1-23-15-8-4-12-5-9-16(22)20(17(12)19-15)10-14(21)11-2-6-13(18)7-3-11/h4-5,8-9,11,13-14,21H,2-3,6-7,10,18H2,1H3/t11?,13?,14-/m0/s1. The summed E-state index contributed by atoms with van der Waals surface area (Å²) in [4.78, 5) is 16.6. The van der Waals surface area contributed by atoms with Crippen LogP contribution in [0.25, 0.3) is 11.0 Å². The van der Waals surface area contributed by atoms with Gasteiger partial charge >= 0.3 is 0 Å². The zero-order chi connectivity index (χ0) is 16.4. The van der Waals surface area contributed by atoms with Crippen molar-refractivity contribution in [1.29, 1.82) is 0 Å². The van der Waals surface area contributed by atoms with Crippen LogP contribution in [0.1, 0.15) is 25.7 Å². The molecule has 23 heavy (non-hydrogen) atoms. The zero-order valence-electron chi connectivity index (χ0n) is 13.3. The van der Waals surface area contributed by atoms with Crippen LogP contribution < -0.4 is 16.0 Å². The van der Waals surface area contributed by atoms with Crippen LogP contribution in [0.4, 0.5) is 0 Å².